The Kier molecular flexibility index (Phi) is 4.76. The molecule has 1 atom stereocenters. The molecule has 1 unspecified atom stereocenters. The van der Waals surface area contributed by atoms with Crippen LogP contribution in [0.2, 0.25) is 0 Å². The van der Waals surface area contributed by atoms with E-state index in [2.05, 4.69) is 15.0 Å². The summed E-state index contributed by atoms with van der Waals surface area (Å²) in [4.78, 5) is 17.5. The molecule has 0 saturated heterocycles. The largest absolute Gasteiger partial charge is 0.479 e. The summed E-state index contributed by atoms with van der Waals surface area (Å²) in [5.74, 6) is 0.0996. The molecule has 1 rings (SSSR count). The average molecular weight is 253 g/mol. The van der Waals surface area contributed by atoms with Gasteiger partial charge >= 0.3 is 5.97 Å². The zero-order chi connectivity index (χ0) is 13.7. The third kappa shape index (κ3) is 3.03. The molecule has 18 heavy (non-hydrogen) atoms. The highest BCUT2D eigenvalue weighted by atomic mass is 16.5. The van der Waals surface area contributed by atoms with Crippen molar-refractivity contribution in [3.63, 3.8) is 0 Å². The van der Waals surface area contributed by atoms with E-state index in [9.17, 15) is 4.79 Å². The maximum Gasteiger partial charge on any atom is 0.327 e. The van der Waals surface area contributed by atoms with E-state index in [1.165, 1.54) is 14.2 Å². The molecule has 1 heterocycles. The maximum atomic E-state index is 11.4. The summed E-state index contributed by atoms with van der Waals surface area (Å²) in [6, 6.07) is 1.36. The van der Waals surface area contributed by atoms with Gasteiger partial charge in [-0.05, 0) is 13.0 Å². The molecule has 0 aliphatic carbocycles. The van der Waals surface area contributed by atoms with Gasteiger partial charge in [-0.3, -0.25) is 0 Å². The predicted octanol–water partition coefficient (Wildman–Crippen LogP) is 1.13. The first-order chi connectivity index (χ1) is 8.51. The molecule has 1 aromatic heterocycles. The molecule has 6 nitrogen and oxygen atoms in total. The van der Waals surface area contributed by atoms with Gasteiger partial charge in [0.05, 0.1) is 19.9 Å². The smallest absolute Gasteiger partial charge is 0.327 e. The van der Waals surface area contributed by atoms with Crippen molar-refractivity contribution in [3.05, 3.63) is 12.3 Å². The number of pyridine rings is 1. The van der Waals surface area contributed by atoms with Crippen LogP contribution in [0.5, 0.6) is 5.88 Å². The maximum absolute atomic E-state index is 11.4. The number of aromatic nitrogens is 1. The van der Waals surface area contributed by atoms with Gasteiger partial charge in [-0.15, -0.1) is 0 Å². The summed E-state index contributed by atoms with van der Waals surface area (Å²) in [6.45, 7) is 1.72. The van der Waals surface area contributed by atoms with Crippen LogP contribution >= 0.6 is 0 Å². The Morgan fingerprint density at radius 3 is 2.61 bits per heavy atom. The average Bonchev–Trinajstić information content (AvgIpc) is 2.37. The normalized spacial score (nSPS) is 11.6. The van der Waals surface area contributed by atoms with Gasteiger partial charge in [0, 0.05) is 20.3 Å². The molecule has 0 amide bonds. The Hall–Kier alpha value is -1.98. The lowest BCUT2D eigenvalue weighted by Crippen LogP contribution is -2.28. The van der Waals surface area contributed by atoms with E-state index < -0.39 is 6.04 Å². The standard InChI is InChI=1S/C12H19N3O3/c1-8(12(16)18-5)14-10-9(15(2)3)6-7-13-11(10)17-4/h6-8,14H,1-5H3. The molecule has 6 heteroatoms. The topological polar surface area (TPSA) is 63.7 Å². The first-order valence-electron chi connectivity index (χ1n) is 5.56. The molecular formula is C12H19N3O3. The monoisotopic (exact) mass is 253 g/mol. The van der Waals surface area contributed by atoms with Crippen molar-refractivity contribution in [2.24, 2.45) is 0 Å². The number of rotatable bonds is 5. The summed E-state index contributed by atoms with van der Waals surface area (Å²) in [5.41, 5.74) is 1.56. The van der Waals surface area contributed by atoms with Crippen molar-refractivity contribution in [1.82, 2.24) is 4.98 Å². The van der Waals surface area contributed by atoms with E-state index in [1.807, 2.05) is 25.1 Å². The van der Waals surface area contributed by atoms with Crippen LogP contribution in [0.25, 0.3) is 0 Å². The predicted molar refractivity (Wildman–Crippen MR) is 70.2 cm³/mol. The van der Waals surface area contributed by atoms with Gasteiger partial charge < -0.3 is 19.7 Å². The lowest BCUT2D eigenvalue weighted by molar-refractivity contribution is -0.141. The van der Waals surface area contributed by atoms with Crippen molar-refractivity contribution in [2.75, 3.05) is 38.5 Å². The highest BCUT2D eigenvalue weighted by Gasteiger charge is 2.19. The first-order valence-corrected chi connectivity index (χ1v) is 5.56. The van der Waals surface area contributed by atoms with E-state index in [0.717, 1.165) is 5.69 Å². The second kappa shape index (κ2) is 6.09. The number of ether oxygens (including phenoxy) is 2. The lowest BCUT2D eigenvalue weighted by Gasteiger charge is -2.22. The van der Waals surface area contributed by atoms with Crippen LogP contribution in [0.4, 0.5) is 11.4 Å². The molecule has 100 valence electrons. The number of nitrogens with zero attached hydrogens (tertiary/aromatic N) is 2. The summed E-state index contributed by atoms with van der Waals surface area (Å²) in [6.07, 6.45) is 1.65. The summed E-state index contributed by atoms with van der Waals surface area (Å²) in [5, 5.41) is 3.06. The van der Waals surface area contributed by atoms with E-state index in [0.29, 0.717) is 11.6 Å². The van der Waals surface area contributed by atoms with Gasteiger partial charge in [-0.2, -0.15) is 0 Å². The Labute approximate surface area is 107 Å². The van der Waals surface area contributed by atoms with E-state index in [4.69, 9.17) is 4.74 Å². The molecule has 0 aliphatic rings. The van der Waals surface area contributed by atoms with Crippen LogP contribution in [0.1, 0.15) is 6.92 Å². The van der Waals surface area contributed by atoms with Crippen molar-refractivity contribution in [1.29, 1.82) is 0 Å². The minimum atomic E-state index is -0.480. The zero-order valence-corrected chi connectivity index (χ0v) is 11.4. The number of carbonyl (C=O) groups is 1. The van der Waals surface area contributed by atoms with Crippen LogP contribution in [0, 0.1) is 0 Å². The molecule has 1 aromatic rings. The van der Waals surface area contributed by atoms with Crippen molar-refractivity contribution < 1.29 is 14.3 Å². The number of carbonyl (C=O) groups excluding carboxylic acids is 1. The Morgan fingerprint density at radius 2 is 2.11 bits per heavy atom. The number of anilines is 2. The zero-order valence-electron chi connectivity index (χ0n) is 11.4. The lowest BCUT2D eigenvalue weighted by atomic mass is 10.2. The number of hydrogen-bond donors (Lipinski definition) is 1. The molecule has 0 bridgehead atoms. The SMILES string of the molecule is COC(=O)C(C)Nc1c(N(C)C)ccnc1OC. The molecule has 0 saturated carbocycles. The summed E-state index contributed by atoms with van der Waals surface area (Å²) in [7, 11) is 6.70. The van der Waals surface area contributed by atoms with Gasteiger partial charge in [-0.25, -0.2) is 9.78 Å². The van der Waals surface area contributed by atoms with Crippen molar-refractivity contribution in [2.45, 2.75) is 13.0 Å². The number of hydrogen-bond acceptors (Lipinski definition) is 6. The fourth-order valence-electron chi connectivity index (χ4n) is 1.55. The van der Waals surface area contributed by atoms with Gasteiger partial charge in [0.15, 0.2) is 0 Å². The van der Waals surface area contributed by atoms with E-state index >= 15 is 0 Å². The van der Waals surface area contributed by atoms with E-state index in [1.54, 1.807) is 13.1 Å². The van der Waals surface area contributed by atoms with E-state index in [-0.39, 0.29) is 5.97 Å². The summed E-state index contributed by atoms with van der Waals surface area (Å²) < 4.78 is 9.88. The Morgan fingerprint density at radius 1 is 1.44 bits per heavy atom. The van der Waals surface area contributed by atoms with Crippen molar-refractivity contribution in [3.8, 4) is 5.88 Å². The number of methoxy groups -OCH3 is 2. The molecule has 0 aliphatic heterocycles. The van der Waals surface area contributed by atoms with Crippen LogP contribution in [0.3, 0.4) is 0 Å². The van der Waals surface area contributed by atoms with Gasteiger partial charge in [0.1, 0.15) is 11.7 Å². The number of nitrogens with one attached hydrogen (secondary N) is 1. The Balaban J connectivity index is 3.08. The Bertz CT molecular complexity index is 421. The van der Waals surface area contributed by atoms with Crippen molar-refractivity contribution >= 4 is 17.3 Å². The molecule has 1 N–H and O–H groups in total. The minimum Gasteiger partial charge on any atom is -0.479 e. The van der Waals surface area contributed by atoms with Gasteiger partial charge in [0.25, 0.3) is 0 Å². The second-order valence-corrected chi connectivity index (χ2v) is 4.00. The fraction of sp³-hybridized carbons (Fsp3) is 0.500. The highest BCUT2D eigenvalue weighted by Crippen LogP contribution is 2.32. The van der Waals surface area contributed by atoms with Gasteiger partial charge in [0.2, 0.25) is 5.88 Å². The molecule has 0 aromatic carbocycles. The highest BCUT2D eigenvalue weighted by molar-refractivity contribution is 5.83. The van der Waals surface area contributed by atoms with Crippen LogP contribution in [0.15, 0.2) is 12.3 Å². The van der Waals surface area contributed by atoms with Crippen LogP contribution in [-0.2, 0) is 9.53 Å². The molecular weight excluding hydrogens is 234 g/mol. The molecule has 0 fully saturated rings. The molecule has 0 spiro atoms. The molecule has 0 radical (unpaired) electrons. The third-order valence-corrected chi connectivity index (χ3v) is 2.48. The quantitative estimate of drug-likeness (QED) is 0.794. The third-order valence-electron chi connectivity index (χ3n) is 2.48. The summed E-state index contributed by atoms with van der Waals surface area (Å²) >= 11 is 0. The van der Waals surface area contributed by atoms with Crippen LogP contribution < -0.4 is 15.0 Å². The second-order valence-electron chi connectivity index (χ2n) is 4.00. The van der Waals surface area contributed by atoms with Crippen LogP contribution in [-0.4, -0.2) is 45.3 Å². The number of esters is 1. The van der Waals surface area contributed by atoms with Gasteiger partial charge in [-0.1, -0.05) is 0 Å². The minimum absolute atomic E-state index is 0.342. The first kappa shape index (κ1) is 14.1. The fourth-order valence-corrected chi connectivity index (χ4v) is 1.55.